The lowest BCUT2D eigenvalue weighted by atomic mass is 9.96. The molecule has 0 bridgehead atoms. The largest absolute Gasteiger partial charge is 0.381 e. The average molecular weight is 264 g/mol. The minimum Gasteiger partial charge on any atom is -0.381 e. The second-order valence-electron chi connectivity index (χ2n) is 5.04. The van der Waals surface area contributed by atoms with Crippen LogP contribution in [0.3, 0.4) is 0 Å². The van der Waals surface area contributed by atoms with E-state index in [1.165, 1.54) is 19.3 Å². The summed E-state index contributed by atoms with van der Waals surface area (Å²) in [6.07, 6.45) is 5.37. The minimum atomic E-state index is 0.785. The van der Waals surface area contributed by atoms with Crippen LogP contribution in [0, 0.1) is 5.92 Å². The van der Waals surface area contributed by atoms with Gasteiger partial charge in [0.2, 0.25) is 5.95 Å². The van der Waals surface area contributed by atoms with Gasteiger partial charge >= 0.3 is 0 Å². The van der Waals surface area contributed by atoms with Crippen LogP contribution in [0.1, 0.15) is 26.2 Å². The Bertz CT molecular complexity index is 379. The second kappa shape index (κ2) is 7.28. The highest BCUT2D eigenvalue weighted by Gasteiger charge is 2.15. The predicted octanol–water partition coefficient (Wildman–Crippen LogP) is 2.16. The molecule has 2 rings (SSSR count). The van der Waals surface area contributed by atoms with Crippen molar-refractivity contribution in [3.8, 4) is 0 Å². The molecule has 0 unspecified atom stereocenters. The summed E-state index contributed by atoms with van der Waals surface area (Å²) in [4.78, 5) is 11.0. The third kappa shape index (κ3) is 4.35. The number of hydrogen-bond donors (Lipinski definition) is 1. The Kier molecular flexibility index (Phi) is 5.39. The van der Waals surface area contributed by atoms with Gasteiger partial charge in [-0.3, -0.25) is 0 Å². The van der Waals surface area contributed by atoms with Gasteiger partial charge in [0.25, 0.3) is 0 Å². The molecule has 0 saturated carbocycles. The molecule has 2 heterocycles. The summed E-state index contributed by atoms with van der Waals surface area (Å²) in [5, 5.41) is 3.21. The van der Waals surface area contributed by atoms with Gasteiger partial charge in [-0.25, -0.2) is 4.98 Å². The highest BCUT2D eigenvalue weighted by atomic mass is 16.5. The van der Waals surface area contributed by atoms with Gasteiger partial charge in [0.05, 0.1) is 0 Å². The normalized spacial score (nSPS) is 16.3. The van der Waals surface area contributed by atoms with Crippen LogP contribution in [0.2, 0.25) is 0 Å². The fourth-order valence-corrected chi connectivity index (χ4v) is 2.32. The van der Waals surface area contributed by atoms with E-state index < -0.39 is 0 Å². The Morgan fingerprint density at radius 2 is 2.21 bits per heavy atom. The highest BCUT2D eigenvalue weighted by Crippen LogP contribution is 2.19. The van der Waals surface area contributed by atoms with Crippen molar-refractivity contribution in [2.75, 3.05) is 43.6 Å². The van der Waals surface area contributed by atoms with Crippen LogP contribution in [0.25, 0.3) is 0 Å². The zero-order valence-corrected chi connectivity index (χ0v) is 11.9. The Morgan fingerprint density at radius 1 is 1.42 bits per heavy atom. The third-order valence-corrected chi connectivity index (χ3v) is 3.56. The molecule has 0 spiro atoms. The molecule has 1 aliphatic heterocycles. The smallest absolute Gasteiger partial charge is 0.226 e. The zero-order chi connectivity index (χ0) is 13.5. The monoisotopic (exact) mass is 264 g/mol. The summed E-state index contributed by atoms with van der Waals surface area (Å²) in [6.45, 7) is 5.78. The number of nitrogens with one attached hydrogen (secondary N) is 1. The maximum Gasteiger partial charge on any atom is 0.226 e. The van der Waals surface area contributed by atoms with Gasteiger partial charge in [-0.05, 0) is 38.2 Å². The van der Waals surface area contributed by atoms with Crippen molar-refractivity contribution < 1.29 is 4.74 Å². The predicted molar refractivity (Wildman–Crippen MR) is 77.6 cm³/mol. The Labute approximate surface area is 115 Å². The first-order chi connectivity index (χ1) is 9.29. The first-order valence-electron chi connectivity index (χ1n) is 7.15. The molecule has 1 saturated heterocycles. The summed E-state index contributed by atoms with van der Waals surface area (Å²) >= 11 is 0. The van der Waals surface area contributed by atoms with Gasteiger partial charge in [0.15, 0.2) is 0 Å². The van der Waals surface area contributed by atoms with E-state index in [0.29, 0.717) is 0 Å². The maximum atomic E-state index is 5.39. The topological polar surface area (TPSA) is 50.3 Å². The van der Waals surface area contributed by atoms with Gasteiger partial charge in [0.1, 0.15) is 5.82 Å². The summed E-state index contributed by atoms with van der Waals surface area (Å²) in [5.41, 5.74) is 0. The number of nitrogens with zero attached hydrogens (tertiary/aromatic N) is 3. The first kappa shape index (κ1) is 14.1. The molecular weight excluding hydrogens is 240 g/mol. The molecule has 106 valence electrons. The fraction of sp³-hybridized carbons (Fsp3) is 0.714. The van der Waals surface area contributed by atoms with E-state index in [9.17, 15) is 0 Å². The number of ether oxygens (including phenoxy) is 1. The van der Waals surface area contributed by atoms with Crippen LogP contribution in [-0.2, 0) is 4.74 Å². The van der Waals surface area contributed by atoms with Crippen LogP contribution in [0.4, 0.5) is 11.8 Å². The van der Waals surface area contributed by atoms with E-state index in [4.69, 9.17) is 4.74 Å². The molecule has 1 aromatic heterocycles. The second-order valence-corrected chi connectivity index (χ2v) is 5.04. The van der Waals surface area contributed by atoms with Gasteiger partial charge in [-0.1, -0.05) is 0 Å². The van der Waals surface area contributed by atoms with Crippen LogP contribution in [0.5, 0.6) is 0 Å². The molecule has 5 heteroatoms. The van der Waals surface area contributed by atoms with Crippen LogP contribution in [0.15, 0.2) is 12.3 Å². The summed E-state index contributed by atoms with van der Waals surface area (Å²) in [5.74, 6) is 2.48. The maximum absolute atomic E-state index is 5.39. The van der Waals surface area contributed by atoms with Crippen molar-refractivity contribution in [2.45, 2.75) is 26.2 Å². The zero-order valence-electron chi connectivity index (χ0n) is 11.9. The molecule has 1 fully saturated rings. The minimum absolute atomic E-state index is 0.785. The molecule has 0 atom stereocenters. The SMILES string of the molecule is CCNc1ccnc(N(C)CCC2CCOCC2)n1. The fourth-order valence-electron chi connectivity index (χ4n) is 2.32. The van der Waals surface area contributed by atoms with Crippen LogP contribution in [-0.4, -0.2) is 43.3 Å². The summed E-state index contributed by atoms with van der Waals surface area (Å²) in [7, 11) is 2.06. The molecule has 0 amide bonds. The van der Waals surface area contributed by atoms with E-state index in [0.717, 1.165) is 44.0 Å². The Balaban J connectivity index is 1.84. The average Bonchev–Trinajstić information content (AvgIpc) is 2.46. The van der Waals surface area contributed by atoms with E-state index >= 15 is 0 Å². The van der Waals surface area contributed by atoms with Crippen molar-refractivity contribution >= 4 is 11.8 Å². The molecule has 1 N–H and O–H groups in total. The Morgan fingerprint density at radius 3 is 2.95 bits per heavy atom. The van der Waals surface area contributed by atoms with Crippen molar-refractivity contribution in [2.24, 2.45) is 5.92 Å². The number of rotatable bonds is 6. The number of anilines is 2. The van der Waals surface area contributed by atoms with Crippen molar-refractivity contribution in [3.05, 3.63) is 12.3 Å². The molecule has 1 aliphatic rings. The van der Waals surface area contributed by atoms with Crippen molar-refractivity contribution in [1.82, 2.24) is 9.97 Å². The van der Waals surface area contributed by atoms with E-state index in [1.807, 2.05) is 12.3 Å². The van der Waals surface area contributed by atoms with Crippen LogP contribution < -0.4 is 10.2 Å². The summed E-state index contributed by atoms with van der Waals surface area (Å²) in [6, 6.07) is 1.90. The van der Waals surface area contributed by atoms with Gasteiger partial charge in [-0.2, -0.15) is 4.98 Å². The molecular formula is C14H24N4O. The standard InChI is InChI=1S/C14H24N4O/c1-3-15-13-4-8-16-14(17-13)18(2)9-5-12-6-10-19-11-7-12/h4,8,12H,3,5-7,9-11H2,1-2H3,(H,15,16,17). The number of aromatic nitrogens is 2. The molecule has 1 aromatic rings. The lowest BCUT2D eigenvalue weighted by molar-refractivity contribution is 0.0645. The molecule has 0 aliphatic carbocycles. The van der Waals surface area contributed by atoms with Gasteiger partial charge in [-0.15, -0.1) is 0 Å². The first-order valence-corrected chi connectivity index (χ1v) is 7.15. The van der Waals surface area contributed by atoms with Gasteiger partial charge < -0.3 is 15.0 Å². The molecule has 0 aromatic carbocycles. The van der Waals surface area contributed by atoms with Crippen LogP contribution >= 0.6 is 0 Å². The van der Waals surface area contributed by atoms with E-state index in [1.54, 1.807) is 0 Å². The van der Waals surface area contributed by atoms with Crippen molar-refractivity contribution in [3.63, 3.8) is 0 Å². The van der Waals surface area contributed by atoms with Crippen molar-refractivity contribution in [1.29, 1.82) is 0 Å². The van der Waals surface area contributed by atoms with Gasteiger partial charge in [0, 0.05) is 39.5 Å². The molecule has 0 radical (unpaired) electrons. The third-order valence-electron chi connectivity index (χ3n) is 3.56. The quantitative estimate of drug-likeness (QED) is 0.853. The van der Waals surface area contributed by atoms with E-state index in [2.05, 4.69) is 34.2 Å². The lowest BCUT2D eigenvalue weighted by Crippen LogP contribution is -2.25. The highest BCUT2D eigenvalue weighted by molar-refractivity contribution is 5.40. The Hall–Kier alpha value is -1.36. The number of hydrogen-bond acceptors (Lipinski definition) is 5. The lowest BCUT2D eigenvalue weighted by Gasteiger charge is -2.25. The molecule has 19 heavy (non-hydrogen) atoms. The molecule has 5 nitrogen and oxygen atoms in total. The summed E-state index contributed by atoms with van der Waals surface area (Å²) < 4.78 is 5.39. The van der Waals surface area contributed by atoms with E-state index in [-0.39, 0.29) is 0 Å².